The van der Waals surface area contributed by atoms with Gasteiger partial charge in [-0.25, -0.2) is 4.39 Å². The molecule has 0 bridgehead atoms. The number of aryl methyl sites for hydroxylation is 1. The highest BCUT2D eigenvalue weighted by Crippen LogP contribution is 2.18. The Labute approximate surface area is 130 Å². The van der Waals surface area contributed by atoms with Crippen LogP contribution in [0.15, 0.2) is 42.5 Å². The van der Waals surface area contributed by atoms with Gasteiger partial charge < -0.3 is 10.4 Å². The molecule has 0 amide bonds. The summed E-state index contributed by atoms with van der Waals surface area (Å²) >= 11 is 0. The first-order valence-corrected chi connectivity index (χ1v) is 7.19. The van der Waals surface area contributed by atoms with E-state index in [0.717, 1.165) is 11.1 Å². The van der Waals surface area contributed by atoms with Crippen LogP contribution in [0.1, 0.15) is 41.3 Å². The third-order valence-electron chi connectivity index (χ3n) is 3.74. The molecule has 0 aliphatic carbocycles. The maximum Gasteiger partial charge on any atom is 0.126 e. The number of aliphatic hydroxyl groups excluding tert-OH is 1. The van der Waals surface area contributed by atoms with Gasteiger partial charge in [0.25, 0.3) is 0 Å². The number of hydrogen-bond donors (Lipinski definition) is 2. The highest BCUT2D eigenvalue weighted by molar-refractivity contribution is 5.32. The van der Waals surface area contributed by atoms with Crippen LogP contribution in [0.5, 0.6) is 0 Å². The molecule has 0 radical (unpaired) electrons. The van der Waals surface area contributed by atoms with Crippen LogP contribution in [0, 0.1) is 24.1 Å². The Morgan fingerprint density at radius 1 is 1.18 bits per heavy atom. The minimum absolute atomic E-state index is 0.0665. The first kappa shape index (κ1) is 16.2. The summed E-state index contributed by atoms with van der Waals surface area (Å²) in [5.41, 5.74) is 2.77. The van der Waals surface area contributed by atoms with E-state index >= 15 is 0 Å². The van der Waals surface area contributed by atoms with Gasteiger partial charge in [0.15, 0.2) is 0 Å². The fourth-order valence-corrected chi connectivity index (χ4v) is 2.18. The molecule has 0 aliphatic rings. The number of rotatable bonds is 5. The van der Waals surface area contributed by atoms with E-state index in [1.165, 1.54) is 6.07 Å². The van der Waals surface area contributed by atoms with Gasteiger partial charge in [0.2, 0.25) is 0 Å². The molecule has 114 valence electrons. The van der Waals surface area contributed by atoms with Gasteiger partial charge in [-0.05, 0) is 48.7 Å². The quantitative estimate of drug-likeness (QED) is 0.889. The average molecular weight is 298 g/mol. The molecular formula is C18H19FN2O. The molecule has 0 aliphatic heterocycles. The Bertz CT molecular complexity index is 676. The lowest BCUT2D eigenvalue weighted by Crippen LogP contribution is -2.24. The SMILES string of the molecule is Cc1ccc(C(C)NCC(O)c2ccc(C#N)cc2)cc1F. The van der Waals surface area contributed by atoms with Crippen LogP contribution in [0.4, 0.5) is 4.39 Å². The molecule has 0 saturated heterocycles. The Hall–Kier alpha value is -2.22. The molecule has 0 spiro atoms. The molecule has 0 saturated carbocycles. The Morgan fingerprint density at radius 2 is 1.82 bits per heavy atom. The number of aliphatic hydroxyl groups is 1. The van der Waals surface area contributed by atoms with Gasteiger partial charge in [-0.2, -0.15) is 5.26 Å². The van der Waals surface area contributed by atoms with Crippen LogP contribution in [-0.4, -0.2) is 11.7 Å². The molecule has 2 atom stereocenters. The van der Waals surface area contributed by atoms with Gasteiger partial charge in [-0.3, -0.25) is 0 Å². The van der Waals surface area contributed by atoms with E-state index < -0.39 is 6.10 Å². The van der Waals surface area contributed by atoms with E-state index in [4.69, 9.17) is 5.26 Å². The second-order valence-corrected chi connectivity index (χ2v) is 5.39. The summed E-state index contributed by atoms with van der Waals surface area (Å²) in [5, 5.41) is 22.1. The first-order valence-electron chi connectivity index (χ1n) is 7.19. The van der Waals surface area contributed by atoms with Crippen molar-refractivity contribution in [1.82, 2.24) is 5.32 Å². The second-order valence-electron chi connectivity index (χ2n) is 5.39. The van der Waals surface area contributed by atoms with Crippen LogP contribution in [-0.2, 0) is 0 Å². The highest BCUT2D eigenvalue weighted by Gasteiger charge is 2.11. The van der Waals surface area contributed by atoms with E-state index in [0.29, 0.717) is 17.7 Å². The smallest absolute Gasteiger partial charge is 0.126 e. The average Bonchev–Trinajstić information content (AvgIpc) is 2.54. The zero-order valence-electron chi connectivity index (χ0n) is 12.7. The topological polar surface area (TPSA) is 56.0 Å². The van der Waals surface area contributed by atoms with Crippen molar-refractivity contribution in [3.05, 3.63) is 70.5 Å². The summed E-state index contributed by atoms with van der Waals surface area (Å²) in [7, 11) is 0. The van der Waals surface area contributed by atoms with E-state index in [2.05, 4.69) is 5.32 Å². The van der Waals surface area contributed by atoms with Crippen LogP contribution in [0.3, 0.4) is 0 Å². The van der Waals surface area contributed by atoms with Crippen molar-refractivity contribution >= 4 is 0 Å². The van der Waals surface area contributed by atoms with Crippen molar-refractivity contribution in [1.29, 1.82) is 5.26 Å². The summed E-state index contributed by atoms with van der Waals surface area (Å²) in [6.45, 7) is 4.00. The van der Waals surface area contributed by atoms with Crippen LogP contribution < -0.4 is 5.32 Å². The van der Waals surface area contributed by atoms with E-state index in [1.54, 1.807) is 37.3 Å². The number of nitriles is 1. The first-order chi connectivity index (χ1) is 10.5. The van der Waals surface area contributed by atoms with Crippen molar-refractivity contribution < 1.29 is 9.50 Å². The molecule has 2 N–H and O–H groups in total. The molecule has 2 aromatic rings. The Morgan fingerprint density at radius 3 is 2.41 bits per heavy atom. The van der Waals surface area contributed by atoms with Gasteiger partial charge in [0.1, 0.15) is 5.82 Å². The lowest BCUT2D eigenvalue weighted by molar-refractivity contribution is 0.171. The summed E-state index contributed by atoms with van der Waals surface area (Å²) in [4.78, 5) is 0. The summed E-state index contributed by atoms with van der Waals surface area (Å²) < 4.78 is 13.6. The fourth-order valence-electron chi connectivity index (χ4n) is 2.18. The number of nitrogens with one attached hydrogen (secondary N) is 1. The monoisotopic (exact) mass is 298 g/mol. The Balaban J connectivity index is 1.96. The van der Waals surface area contributed by atoms with Gasteiger partial charge in [-0.1, -0.05) is 24.3 Å². The van der Waals surface area contributed by atoms with Gasteiger partial charge in [0.05, 0.1) is 17.7 Å². The predicted octanol–water partition coefficient (Wildman–Crippen LogP) is 3.39. The normalized spacial score (nSPS) is 13.4. The Kier molecular flexibility index (Phi) is 5.26. The van der Waals surface area contributed by atoms with Crippen LogP contribution >= 0.6 is 0 Å². The molecule has 3 nitrogen and oxygen atoms in total. The standard InChI is InChI=1S/C18H19FN2O/c1-12-3-6-16(9-17(12)19)13(2)21-11-18(22)15-7-4-14(10-20)5-8-15/h3-9,13,18,21-22H,11H2,1-2H3. The molecular weight excluding hydrogens is 279 g/mol. The molecule has 0 aromatic heterocycles. The number of benzene rings is 2. The lowest BCUT2D eigenvalue weighted by Gasteiger charge is -2.18. The molecule has 2 aromatic carbocycles. The molecule has 4 heteroatoms. The maximum absolute atomic E-state index is 13.6. The summed E-state index contributed by atoms with van der Waals surface area (Å²) in [5.74, 6) is -0.223. The molecule has 0 fully saturated rings. The highest BCUT2D eigenvalue weighted by atomic mass is 19.1. The zero-order chi connectivity index (χ0) is 16.1. The van der Waals surface area contributed by atoms with E-state index in [-0.39, 0.29) is 11.9 Å². The minimum Gasteiger partial charge on any atom is -0.387 e. The van der Waals surface area contributed by atoms with Gasteiger partial charge in [-0.15, -0.1) is 0 Å². The van der Waals surface area contributed by atoms with Gasteiger partial charge >= 0.3 is 0 Å². The minimum atomic E-state index is -0.675. The predicted molar refractivity (Wildman–Crippen MR) is 83.7 cm³/mol. The molecule has 2 rings (SSSR count). The third kappa shape index (κ3) is 3.91. The van der Waals surface area contributed by atoms with Crippen molar-refractivity contribution in [2.24, 2.45) is 0 Å². The molecule has 0 heterocycles. The fraction of sp³-hybridized carbons (Fsp3) is 0.278. The number of halogens is 1. The van der Waals surface area contributed by atoms with Crippen LogP contribution in [0.25, 0.3) is 0 Å². The zero-order valence-corrected chi connectivity index (χ0v) is 12.7. The molecule has 2 unspecified atom stereocenters. The van der Waals surface area contributed by atoms with Crippen molar-refractivity contribution in [3.63, 3.8) is 0 Å². The number of hydrogen-bond acceptors (Lipinski definition) is 3. The van der Waals surface area contributed by atoms with E-state index in [1.807, 2.05) is 19.1 Å². The van der Waals surface area contributed by atoms with Crippen molar-refractivity contribution in [3.8, 4) is 6.07 Å². The number of nitrogens with zero attached hydrogens (tertiary/aromatic N) is 1. The summed E-state index contributed by atoms with van der Waals surface area (Å²) in [6.07, 6.45) is -0.675. The van der Waals surface area contributed by atoms with Gasteiger partial charge in [0, 0.05) is 12.6 Å². The third-order valence-corrected chi connectivity index (χ3v) is 3.74. The van der Waals surface area contributed by atoms with Crippen LogP contribution in [0.2, 0.25) is 0 Å². The van der Waals surface area contributed by atoms with E-state index in [9.17, 15) is 9.50 Å². The largest absolute Gasteiger partial charge is 0.387 e. The molecule has 22 heavy (non-hydrogen) atoms. The second kappa shape index (κ2) is 7.17. The summed E-state index contributed by atoms with van der Waals surface area (Å²) in [6, 6.07) is 13.9. The van der Waals surface area contributed by atoms with Crippen molar-refractivity contribution in [2.45, 2.75) is 26.0 Å². The maximum atomic E-state index is 13.6. The lowest BCUT2D eigenvalue weighted by atomic mass is 10.0. The van der Waals surface area contributed by atoms with Crippen molar-refractivity contribution in [2.75, 3.05) is 6.54 Å².